The minimum Gasteiger partial charge on any atom is -0.457 e. The number of aromatic nitrogens is 4. The van der Waals surface area contributed by atoms with Crippen LogP contribution in [0.25, 0.3) is 83.4 Å². The standard InChI is InChI=1S/C74H61N4OSi/c1-73(2,3)50-43-44-75-70(45-50)78-67-37-19-18-33-61(67)62-41-39-53(47-69(62)78)79-52-24-20-23-51(46-52)76-49-77-71-64(34-21-36-66(71)74(4,5)6)65-48-57(40-42-60(65)58-31-16-17-32-59(58)63-35-22-38-68(76)72(63)77)80(54-25-10-7-11-26-54,55-27-12-8-13-28-55)56-29-14-9-15-30-56/h7-49H,1-6H3/q+1/i4D3,5D3,6D3,7D,8D,9D,10D,11D,12D,13D,14D,15D,25D,26D,27D,28D,29D,30D. The topological polar surface area (TPSA) is 35.9 Å². The Hall–Kier alpha value is -9.36. The number of nitrogens with zero attached hydrogens (tertiary/aromatic N) is 4. The highest BCUT2D eigenvalue weighted by atomic mass is 28.3. The number of hydrogen-bond acceptors (Lipinski definition) is 2. The molecule has 3 aromatic heterocycles. The van der Waals surface area contributed by atoms with Gasteiger partial charge in [0, 0.05) is 58.1 Å². The smallest absolute Gasteiger partial charge is 0.255 e. The van der Waals surface area contributed by atoms with Gasteiger partial charge in [-0.25, -0.2) is 4.98 Å². The zero-order chi connectivity index (χ0) is 74.9. The monoisotopic (exact) mass is 1070 g/mol. The number of imidazole rings is 1. The van der Waals surface area contributed by atoms with Crippen LogP contribution >= 0.6 is 0 Å². The van der Waals surface area contributed by atoms with E-state index in [0.29, 0.717) is 45.2 Å². The third kappa shape index (κ3) is 7.96. The molecule has 80 heavy (non-hydrogen) atoms. The van der Waals surface area contributed by atoms with Gasteiger partial charge in [0.15, 0.2) is 19.1 Å². The zero-order valence-corrected chi connectivity index (χ0v) is 44.4. The summed E-state index contributed by atoms with van der Waals surface area (Å²) in [6, 6.07) is 30.1. The summed E-state index contributed by atoms with van der Waals surface area (Å²) in [6.45, 7) is -5.33. The maximum atomic E-state index is 9.85. The van der Waals surface area contributed by atoms with E-state index < -0.39 is 146 Å². The first-order valence-corrected chi connectivity index (χ1v) is 27.9. The second kappa shape index (κ2) is 18.9. The van der Waals surface area contributed by atoms with Gasteiger partial charge < -0.3 is 4.74 Å². The lowest BCUT2D eigenvalue weighted by Crippen LogP contribution is -2.74. The average Bonchev–Trinajstić information content (AvgIpc) is 1.44. The summed E-state index contributed by atoms with van der Waals surface area (Å²) in [5.74, 6) is 1.49. The lowest BCUT2D eigenvalue weighted by atomic mass is 9.82. The van der Waals surface area contributed by atoms with Crippen LogP contribution in [-0.2, 0) is 10.8 Å². The van der Waals surface area contributed by atoms with Crippen LogP contribution in [0.5, 0.6) is 11.5 Å². The summed E-state index contributed by atoms with van der Waals surface area (Å²) < 4.78 is 237. The highest BCUT2D eigenvalue weighted by Crippen LogP contribution is 2.45. The molecule has 5 nitrogen and oxygen atoms in total. The summed E-state index contributed by atoms with van der Waals surface area (Å²) >= 11 is 0. The number of fused-ring (bicyclic) bond motifs is 10. The highest BCUT2D eigenvalue weighted by molar-refractivity contribution is 7.20. The largest absolute Gasteiger partial charge is 0.457 e. The molecular formula is C74H61N4OSi+. The summed E-state index contributed by atoms with van der Waals surface area (Å²) in [7, 11) is -5.90. The maximum absolute atomic E-state index is 9.85. The molecule has 0 N–H and O–H groups in total. The molecule has 0 atom stereocenters. The van der Waals surface area contributed by atoms with Crippen molar-refractivity contribution in [3.63, 3.8) is 0 Å². The quantitative estimate of drug-likeness (QED) is 0.0864. The van der Waals surface area contributed by atoms with Crippen molar-refractivity contribution in [3.8, 4) is 62.1 Å². The van der Waals surface area contributed by atoms with Crippen LogP contribution < -0.4 is 30.1 Å². The maximum Gasteiger partial charge on any atom is 0.255 e. The highest BCUT2D eigenvalue weighted by Gasteiger charge is 2.42. The summed E-state index contributed by atoms with van der Waals surface area (Å²) in [5, 5.41) is -0.782. The molecule has 0 unspecified atom stereocenters. The third-order valence-corrected chi connectivity index (χ3v) is 19.3. The van der Waals surface area contributed by atoms with Crippen molar-refractivity contribution in [1.29, 1.82) is 0 Å². The number of benzene rings is 10. The van der Waals surface area contributed by atoms with Gasteiger partial charge >= 0.3 is 0 Å². The Morgan fingerprint density at radius 3 is 1.80 bits per heavy atom. The van der Waals surface area contributed by atoms with Gasteiger partial charge in [-0.05, 0) is 114 Å². The lowest BCUT2D eigenvalue weighted by Gasteiger charge is -2.35. The predicted octanol–water partition coefficient (Wildman–Crippen LogP) is 15.5. The van der Waals surface area contributed by atoms with Gasteiger partial charge in [0.25, 0.3) is 6.33 Å². The average molecular weight is 1070 g/mol. The van der Waals surface area contributed by atoms with Gasteiger partial charge in [0.1, 0.15) is 28.7 Å². The Kier molecular flexibility index (Phi) is 7.00. The number of ether oxygens (including phenoxy) is 1. The van der Waals surface area contributed by atoms with E-state index in [0.717, 1.165) is 33.4 Å². The molecule has 14 rings (SSSR count). The number of para-hydroxylation sites is 3. The van der Waals surface area contributed by atoms with Crippen molar-refractivity contribution in [3.05, 3.63) is 272 Å². The molecule has 0 bridgehead atoms. The van der Waals surface area contributed by atoms with Gasteiger partial charge in [-0.15, -0.1) is 0 Å². The summed E-state index contributed by atoms with van der Waals surface area (Å²) in [5.41, 5.74) is 0.148. The zero-order valence-electron chi connectivity index (χ0n) is 67.4. The van der Waals surface area contributed by atoms with E-state index in [1.54, 1.807) is 83.8 Å². The van der Waals surface area contributed by atoms with Crippen molar-refractivity contribution in [2.45, 2.75) is 52.2 Å². The van der Waals surface area contributed by atoms with E-state index in [4.69, 9.17) is 13.8 Å². The Labute approximate surface area is 503 Å². The van der Waals surface area contributed by atoms with Gasteiger partial charge in [-0.2, -0.15) is 9.13 Å². The first-order chi connectivity index (χ1) is 48.9. The van der Waals surface area contributed by atoms with E-state index >= 15 is 0 Å². The molecule has 4 heterocycles. The van der Waals surface area contributed by atoms with Gasteiger partial charge in [-0.3, -0.25) is 4.57 Å². The van der Waals surface area contributed by atoms with Crippen LogP contribution in [0.15, 0.2) is 261 Å². The van der Waals surface area contributed by atoms with E-state index in [1.807, 2.05) is 48.5 Å². The van der Waals surface area contributed by atoms with Gasteiger partial charge in [0.05, 0.1) is 31.6 Å². The second-order valence-electron chi connectivity index (χ2n) is 20.8. The molecule has 386 valence electrons. The normalized spacial score (nSPS) is 17.1. The Morgan fingerprint density at radius 1 is 0.487 bits per heavy atom. The van der Waals surface area contributed by atoms with Crippen LogP contribution in [0.2, 0.25) is 0 Å². The van der Waals surface area contributed by atoms with E-state index in [9.17, 15) is 28.8 Å². The molecule has 0 fully saturated rings. The van der Waals surface area contributed by atoms with E-state index in [-0.39, 0.29) is 38.5 Å². The van der Waals surface area contributed by atoms with Crippen molar-refractivity contribution in [2.24, 2.45) is 0 Å². The van der Waals surface area contributed by atoms with Crippen molar-refractivity contribution < 1.29 is 42.2 Å². The van der Waals surface area contributed by atoms with Crippen molar-refractivity contribution in [2.75, 3.05) is 0 Å². The van der Waals surface area contributed by atoms with Crippen LogP contribution in [0.3, 0.4) is 0 Å². The Balaban J connectivity index is 1.11. The van der Waals surface area contributed by atoms with E-state index in [2.05, 4.69) is 31.4 Å². The molecule has 1 aliphatic rings. The molecule has 0 aliphatic carbocycles. The first kappa shape index (κ1) is 29.6. The molecular weight excluding hydrogens is 989 g/mol. The minimum absolute atomic E-state index is 0.0726. The summed E-state index contributed by atoms with van der Waals surface area (Å²) in [4.78, 5) is 4.84. The molecule has 10 aromatic carbocycles. The fraction of sp³-hybridized carbons (Fsp3) is 0.108. The lowest BCUT2D eigenvalue weighted by molar-refractivity contribution is -0.567. The van der Waals surface area contributed by atoms with Crippen LogP contribution in [-0.4, -0.2) is 22.2 Å². The minimum atomic E-state index is -5.90. The Morgan fingerprint density at radius 2 is 1.09 bits per heavy atom. The fourth-order valence-electron chi connectivity index (χ4n) is 11.5. The number of pyridine rings is 1. The van der Waals surface area contributed by atoms with Crippen LogP contribution in [0.1, 0.15) is 85.4 Å². The van der Waals surface area contributed by atoms with Crippen LogP contribution in [0.4, 0.5) is 0 Å². The van der Waals surface area contributed by atoms with Crippen molar-refractivity contribution >= 4 is 61.7 Å². The molecule has 0 saturated heterocycles. The fourth-order valence-corrected chi connectivity index (χ4v) is 15.3. The second-order valence-corrected chi connectivity index (χ2v) is 24.4. The third-order valence-electron chi connectivity index (χ3n) is 15.1. The van der Waals surface area contributed by atoms with E-state index in [1.165, 1.54) is 34.9 Å². The molecule has 0 amide bonds. The summed E-state index contributed by atoms with van der Waals surface area (Å²) in [6.07, 6.45) is 3.34. The SMILES string of the molecule is [2H]c1c([2H])c([2H])c([Si](c2ccc3c(c2)-c2cccc(C(C([2H])([2H])[2H])(C([2H])([2H])[2H])C([2H])([2H])[2H])c2-[n+]2cn(-c4cccc(Oc5ccc6c7ccccc7n(-c7cc(C(C)(C)C)ccn7)c6c5)c4)c4cccc(c42)-c2ccccc2-3)(c2c([2H])c([2H])c([2H])c([2H])c2[2H])c2c([2H])c([2H])c([2H])c([2H])c2[2H])c([2H])c1[2H]. The van der Waals surface area contributed by atoms with Gasteiger partial charge in [0.2, 0.25) is 0 Å². The predicted molar refractivity (Wildman–Crippen MR) is 334 cm³/mol. The molecule has 1 aliphatic heterocycles. The van der Waals surface area contributed by atoms with Crippen LogP contribution in [0, 0.1) is 0 Å². The first-order valence-electron chi connectivity index (χ1n) is 37.9. The van der Waals surface area contributed by atoms with Gasteiger partial charge in [-0.1, -0.05) is 223 Å². The molecule has 13 aromatic rings. The number of hydrogen-bond donors (Lipinski definition) is 0. The molecule has 0 radical (unpaired) electrons. The Bertz CT molecular complexity index is 5540. The molecule has 0 spiro atoms. The molecule has 6 heteroatoms. The molecule has 0 saturated carbocycles. The van der Waals surface area contributed by atoms with Crippen molar-refractivity contribution in [1.82, 2.24) is 14.1 Å². The number of rotatable bonds is 8.